The summed E-state index contributed by atoms with van der Waals surface area (Å²) in [5.41, 5.74) is 6.78. The normalized spacial score (nSPS) is 16.6. The molecule has 0 saturated carbocycles. The lowest BCUT2D eigenvalue weighted by molar-refractivity contribution is -0.133. The lowest BCUT2D eigenvalue weighted by Gasteiger charge is -2.38. The van der Waals surface area contributed by atoms with E-state index in [2.05, 4.69) is 20.1 Å². The molecule has 1 unspecified atom stereocenters. The Morgan fingerprint density at radius 2 is 2.10 bits per heavy atom. The first-order valence-electron chi connectivity index (χ1n) is 6.79. The highest BCUT2D eigenvalue weighted by Crippen LogP contribution is 2.26. The highest BCUT2D eigenvalue weighted by molar-refractivity contribution is 5.74. The van der Waals surface area contributed by atoms with Gasteiger partial charge < -0.3 is 10.6 Å². The molecule has 0 spiro atoms. The van der Waals surface area contributed by atoms with Gasteiger partial charge in [0.15, 0.2) is 11.6 Å². The molecule has 1 saturated heterocycles. The number of carbonyl (C=O) groups is 1. The lowest BCUT2D eigenvalue weighted by atomic mass is 9.96. The molecule has 1 atom stereocenters. The van der Waals surface area contributed by atoms with Crippen molar-refractivity contribution in [3.8, 4) is 5.82 Å². The molecular weight excluding hydrogens is 270 g/mol. The van der Waals surface area contributed by atoms with Gasteiger partial charge in [0, 0.05) is 32.0 Å². The number of carbonyl (C=O) groups excluding carboxylic acids is 1. The van der Waals surface area contributed by atoms with E-state index in [0.29, 0.717) is 24.7 Å². The molecule has 0 aromatic carbocycles. The van der Waals surface area contributed by atoms with Crippen LogP contribution in [0, 0.1) is 0 Å². The van der Waals surface area contributed by atoms with Crippen molar-refractivity contribution in [2.45, 2.75) is 25.8 Å². The van der Waals surface area contributed by atoms with E-state index >= 15 is 0 Å². The van der Waals surface area contributed by atoms with Crippen molar-refractivity contribution in [2.75, 3.05) is 13.1 Å². The third-order valence-electron chi connectivity index (χ3n) is 3.62. The zero-order valence-electron chi connectivity index (χ0n) is 12.0. The third-order valence-corrected chi connectivity index (χ3v) is 3.62. The molecule has 2 N–H and O–H groups in total. The molecule has 0 radical (unpaired) electrons. The van der Waals surface area contributed by atoms with Gasteiger partial charge in [-0.15, -0.1) is 0 Å². The summed E-state index contributed by atoms with van der Waals surface area (Å²) in [5.74, 6) is 1.64. The molecule has 0 bridgehead atoms. The minimum atomic E-state index is -0.233. The monoisotopic (exact) mass is 287 g/mol. The maximum Gasteiger partial charge on any atom is 0.219 e. The van der Waals surface area contributed by atoms with Crippen LogP contribution < -0.4 is 5.73 Å². The summed E-state index contributed by atoms with van der Waals surface area (Å²) in [4.78, 5) is 25.7. The van der Waals surface area contributed by atoms with Crippen molar-refractivity contribution in [2.24, 2.45) is 5.73 Å². The van der Waals surface area contributed by atoms with E-state index in [1.54, 1.807) is 16.5 Å². The predicted molar refractivity (Wildman–Crippen MR) is 74.5 cm³/mol. The van der Waals surface area contributed by atoms with Gasteiger partial charge in [0.05, 0.1) is 11.7 Å². The van der Waals surface area contributed by atoms with Gasteiger partial charge in [-0.3, -0.25) is 4.79 Å². The standard InChI is InChI=1S/C13H17N7O/c1-8(14)13-17-7-18-20(13)12-3-11(15-6-16-12)10-4-19(5-10)9(2)21/h3,6-8,10H,4-5,14H2,1-2H3. The summed E-state index contributed by atoms with van der Waals surface area (Å²) in [5, 5.41) is 4.17. The van der Waals surface area contributed by atoms with Gasteiger partial charge in [-0.25, -0.2) is 15.0 Å². The highest BCUT2D eigenvalue weighted by Gasteiger charge is 2.31. The van der Waals surface area contributed by atoms with Crippen molar-refractivity contribution in [1.82, 2.24) is 29.6 Å². The number of hydrogen-bond donors (Lipinski definition) is 1. The van der Waals surface area contributed by atoms with Gasteiger partial charge in [0.25, 0.3) is 0 Å². The quantitative estimate of drug-likeness (QED) is 0.854. The molecule has 1 amide bonds. The molecule has 3 heterocycles. The molecule has 3 rings (SSSR count). The first-order chi connectivity index (χ1) is 10.1. The van der Waals surface area contributed by atoms with Crippen molar-refractivity contribution >= 4 is 5.91 Å². The van der Waals surface area contributed by atoms with Crippen LogP contribution in [-0.4, -0.2) is 48.6 Å². The van der Waals surface area contributed by atoms with Gasteiger partial charge >= 0.3 is 0 Å². The Kier molecular flexibility index (Phi) is 3.38. The molecule has 110 valence electrons. The summed E-state index contributed by atoms with van der Waals surface area (Å²) in [6.45, 7) is 4.82. The fourth-order valence-corrected chi connectivity index (χ4v) is 2.36. The number of nitrogens with two attached hydrogens (primary N) is 1. The summed E-state index contributed by atoms with van der Waals surface area (Å²) in [6.07, 6.45) is 2.97. The molecule has 8 heteroatoms. The lowest BCUT2D eigenvalue weighted by Crippen LogP contribution is -2.47. The van der Waals surface area contributed by atoms with Gasteiger partial charge in [-0.2, -0.15) is 9.78 Å². The molecule has 8 nitrogen and oxygen atoms in total. The average molecular weight is 287 g/mol. The Labute approximate surface area is 122 Å². The molecular formula is C13H17N7O. The first kappa shape index (κ1) is 13.6. The molecule has 1 fully saturated rings. The number of aromatic nitrogens is 5. The Balaban J connectivity index is 1.84. The van der Waals surface area contributed by atoms with Crippen LogP contribution in [0.15, 0.2) is 18.7 Å². The van der Waals surface area contributed by atoms with Crippen LogP contribution in [0.2, 0.25) is 0 Å². The van der Waals surface area contributed by atoms with E-state index < -0.39 is 0 Å². The van der Waals surface area contributed by atoms with Gasteiger partial charge in [-0.1, -0.05) is 0 Å². The van der Waals surface area contributed by atoms with E-state index in [9.17, 15) is 4.79 Å². The maximum absolute atomic E-state index is 11.2. The van der Waals surface area contributed by atoms with Crippen molar-refractivity contribution in [3.63, 3.8) is 0 Å². The molecule has 0 aliphatic carbocycles. The Bertz CT molecular complexity index is 660. The first-order valence-corrected chi connectivity index (χ1v) is 6.79. The number of likely N-dealkylation sites (tertiary alicyclic amines) is 1. The molecule has 21 heavy (non-hydrogen) atoms. The molecule has 1 aliphatic heterocycles. The molecule has 2 aromatic heterocycles. The van der Waals surface area contributed by atoms with Crippen LogP contribution in [-0.2, 0) is 4.79 Å². The number of hydrogen-bond acceptors (Lipinski definition) is 6. The Morgan fingerprint density at radius 1 is 1.33 bits per heavy atom. The largest absolute Gasteiger partial charge is 0.341 e. The van der Waals surface area contributed by atoms with E-state index in [4.69, 9.17) is 5.73 Å². The highest BCUT2D eigenvalue weighted by atomic mass is 16.2. The van der Waals surface area contributed by atoms with Gasteiger partial charge in [0.2, 0.25) is 5.91 Å². The number of nitrogens with zero attached hydrogens (tertiary/aromatic N) is 6. The molecule has 1 aliphatic rings. The second-order valence-corrected chi connectivity index (χ2v) is 5.24. The fourth-order valence-electron chi connectivity index (χ4n) is 2.36. The zero-order chi connectivity index (χ0) is 15.0. The Morgan fingerprint density at radius 3 is 2.76 bits per heavy atom. The van der Waals surface area contributed by atoms with Crippen LogP contribution in [0.1, 0.15) is 37.3 Å². The minimum Gasteiger partial charge on any atom is -0.341 e. The van der Waals surface area contributed by atoms with Crippen LogP contribution in [0.5, 0.6) is 0 Å². The van der Waals surface area contributed by atoms with Crippen molar-refractivity contribution in [1.29, 1.82) is 0 Å². The summed E-state index contributed by atoms with van der Waals surface area (Å²) in [6, 6.07) is 1.64. The summed E-state index contributed by atoms with van der Waals surface area (Å²) in [7, 11) is 0. The Hall–Kier alpha value is -2.35. The van der Waals surface area contributed by atoms with Crippen LogP contribution in [0.4, 0.5) is 0 Å². The SMILES string of the molecule is CC(=O)N1CC(c2cc(-n3ncnc3C(C)N)ncn2)C1. The number of amides is 1. The fraction of sp³-hybridized carbons (Fsp3) is 0.462. The van der Waals surface area contributed by atoms with Gasteiger partial charge in [-0.05, 0) is 6.92 Å². The van der Waals surface area contributed by atoms with Crippen LogP contribution >= 0.6 is 0 Å². The van der Waals surface area contributed by atoms with E-state index in [0.717, 1.165) is 5.69 Å². The number of rotatable bonds is 3. The summed E-state index contributed by atoms with van der Waals surface area (Å²) < 4.78 is 1.62. The van der Waals surface area contributed by atoms with Gasteiger partial charge in [0.1, 0.15) is 12.7 Å². The van der Waals surface area contributed by atoms with Crippen molar-refractivity contribution in [3.05, 3.63) is 30.2 Å². The predicted octanol–water partition coefficient (Wildman–Crippen LogP) is 0.0227. The average Bonchev–Trinajstić information content (AvgIpc) is 2.86. The third kappa shape index (κ3) is 2.49. The van der Waals surface area contributed by atoms with E-state index in [1.165, 1.54) is 12.7 Å². The summed E-state index contributed by atoms with van der Waals surface area (Å²) >= 11 is 0. The second kappa shape index (κ2) is 5.21. The topological polar surface area (TPSA) is 103 Å². The van der Waals surface area contributed by atoms with E-state index in [1.807, 2.05) is 13.0 Å². The smallest absolute Gasteiger partial charge is 0.219 e. The van der Waals surface area contributed by atoms with Crippen LogP contribution in [0.25, 0.3) is 5.82 Å². The molecule has 2 aromatic rings. The van der Waals surface area contributed by atoms with E-state index in [-0.39, 0.29) is 17.9 Å². The van der Waals surface area contributed by atoms with Crippen LogP contribution in [0.3, 0.4) is 0 Å². The minimum absolute atomic E-state index is 0.0936. The second-order valence-electron chi connectivity index (χ2n) is 5.24. The van der Waals surface area contributed by atoms with Crippen molar-refractivity contribution < 1.29 is 4.79 Å². The zero-order valence-corrected chi connectivity index (χ0v) is 12.0. The maximum atomic E-state index is 11.2.